The summed E-state index contributed by atoms with van der Waals surface area (Å²) < 4.78 is 6.46. The summed E-state index contributed by atoms with van der Waals surface area (Å²) in [5.74, 6) is 0.900. The molecule has 0 saturated heterocycles. The van der Waals surface area contributed by atoms with Crippen molar-refractivity contribution in [2.45, 2.75) is 18.7 Å². The maximum Gasteiger partial charge on any atom is 0.124 e. The van der Waals surface area contributed by atoms with Gasteiger partial charge >= 0.3 is 0 Å². The number of ether oxygens (including phenoxy) is 1. The zero-order valence-corrected chi connectivity index (χ0v) is 9.58. The van der Waals surface area contributed by atoms with Gasteiger partial charge in [0.05, 0.1) is 6.61 Å². The third-order valence-electron chi connectivity index (χ3n) is 1.58. The van der Waals surface area contributed by atoms with E-state index in [0.29, 0.717) is 6.61 Å². The van der Waals surface area contributed by atoms with Gasteiger partial charge in [-0.2, -0.15) is 0 Å². The minimum atomic E-state index is 0.685. The summed E-state index contributed by atoms with van der Waals surface area (Å²) in [6.07, 6.45) is 0. The van der Waals surface area contributed by atoms with Crippen molar-refractivity contribution in [2.75, 3.05) is 6.61 Å². The van der Waals surface area contributed by atoms with Gasteiger partial charge in [0.1, 0.15) is 5.75 Å². The monoisotopic (exact) mass is 246 g/mol. The van der Waals surface area contributed by atoms with Gasteiger partial charge in [0.25, 0.3) is 0 Å². The molecule has 0 aliphatic heterocycles. The molecule has 1 aromatic rings. The van der Waals surface area contributed by atoms with Gasteiger partial charge in [0, 0.05) is 14.9 Å². The lowest BCUT2D eigenvalue weighted by Crippen LogP contribution is -1.94. The molecular formula is C9H11BrOS. The average Bonchev–Trinajstić information content (AvgIpc) is 2.00. The molecule has 0 saturated carbocycles. The fourth-order valence-electron chi connectivity index (χ4n) is 0.945. The standard InChI is InChI=1S/C9H11BrOS/c1-3-11-9-5-7(12)4-8(10)6(9)2/h4-5,12H,3H2,1-2H3. The highest BCUT2D eigenvalue weighted by atomic mass is 79.9. The van der Waals surface area contributed by atoms with Gasteiger partial charge in [-0.05, 0) is 26.0 Å². The number of rotatable bonds is 2. The number of thiol groups is 1. The average molecular weight is 247 g/mol. The normalized spacial score (nSPS) is 10.0. The minimum Gasteiger partial charge on any atom is -0.494 e. The lowest BCUT2D eigenvalue weighted by molar-refractivity contribution is 0.337. The van der Waals surface area contributed by atoms with Crippen molar-refractivity contribution in [1.82, 2.24) is 0 Å². The molecule has 0 aliphatic carbocycles. The van der Waals surface area contributed by atoms with Crippen LogP contribution in [0.3, 0.4) is 0 Å². The van der Waals surface area contributed by atoms with Crippen molar-refractivity contribution in [2.24, 2.45) is 0 Å². The molecule has 0 N–H and O–H groups in total. The van der Waals surface area contributed by atoms with Gasteiger partial charge in [0.15, 0.2) is 0 Å². The fourth-order valence-corrected chi connectivity index (χ4v) is 1.81. The summed E-state index contributed by atoms with van der Waals surface area (Å²) in [4.78, 5) is 0.913. The van der Waals surface area contributed by atoms with E-state index < -0.39 is 0 Å². The number of hydrogen-bond donors (Lipinski definition) is 1. The van der Waals surface area contributed by atoms with Crippen molar-refractivity contribution in [3.05, 3.63) is 22.2 Å². The third-order valence-corrected chi connectivity index (χ3v) is 2.66. The first-order chi connectivity index (χ1) is 5.65. The predicted octanol–water partition coefficient (Wildman–Crippen LogP) is 3.44. The zero-order chi connectivity index (χ0) is 9.14. The Bertz CT molecular complexity index is 286. The molecule has 0 heterocycles. The van der Waals surface area contributed by atoms with Gasteiger partial charge in [0.2, 0.25) is 0 Å². The van der Waals surface area contributed by atoms with Crippen LogP contribution in [0, 0.1) is 6.92 Å². The summed E-state index contributed by atoms with van der Waals surface area (Å²) in [5, 5.41) is 0. The molecule has 0 aromatic heterocycles. The summed E-state index contributed by atoms with van der Waals surface area (Å²) in [6.45, 7) is 4.67. The first kappa shape index (κ1) is 9.93. The van der Waals surface area contributed by atoms with E-state index in [1.807, 2.05) is 26.0 Å². The van der Waals surface area contributed by atoms with E-state index >= 15 is 0 Å². The van der Waals surface area contributed by atoms with Crippen LogP contribution >= 0.6 is 28.6 Å². The molecule has 1 aromatic carbocycles. The Morgan fingerprint density at radius 1 is 1.50 bits per heavy atom. The van der Waals surface area contributed by atoms with E-state index in [0.717, 1.165) is 20.7 Å². The van der Waals surface area contributed by atoms with Gasteiger partial charge in [-0.15, -0.1) is 12.6 Å². The topological polar surface area (TPSA) is 9.23 Å². The van der Waals surface area contributed by atoms with Gasteiger partial charge in [-0.3, -0.25) is 0 Å². The second-order valence-corrected chi connectivity index (χ2v) is 3.85. The van der Waals surface area contributed by atoms with Gasteiger partial charge < -0.3 is 4.74 Å². The highest BCUT2D eigenvalue weighted by molar-refractivity contribution is 9.10. The summed E-state index contributed by atoms with van der Waals surface area (Å²) in [7, 11) is 0. The number of hydrogen-bond acceptors (Lipinski definition) is 2. The molecule has 0 bridgehead atoms. The molecule has 0 radical (unpaired) electrons. The second kappa shape index (κ2) is 4.19. The maximum absolute atomic E-state index is 5.42. The molecule has 0 fully saturated rings. The van der Waals surface area contributed by atoms with Crippen molar-refractivity contribution >= 4 is 28.6 Å². The Kier molecular flexibility index (Phi) is 3.47. The number of benzene rings is 1. The SMILES string of the molecule is CCOc1cc(S)cc(Br)c1C. The smallest absolute Gasteiger partial charge is 0.124 e. The van der Waals surface area contributed by atoms with E-state index in [1.165, 1.54) is 0 Å². The Labute approximate surface area is 86.7 Å². The van der Waals surface area contributed by atoms with E-state index in [1.54, 1.807) is 0 Å². The van der Waals surface area contributed by atoms with Crippen molar-refractivity contribution in [1.29, 1.82) is 0 Å². The minimum absolute atomic E-state index is 0.685. The quantitative estimate of drug-likeness (QED) is 0.787. The van der Waals surface area contributed by atoms with Crippen molar-refractivity contribution < 1.29 is 4.74 Å². The Hall–Kier alpha value is -0.150. The second-order valence-electron chi connectivity index (χ2n) is 2.48. The Morgan fingerprint density at radius 3 is 2.75 bits per heavy atom. The Morgan fingerprint density at radius 2 is 2.17 bits per heavy atom. The lowest BCUT2D eigenvalue weighted by Gasteiger charge is -2.08. The first-order valence-electron chi connectivity index (χ1n) is 3.77. The zero-order valence-electron chi connectivity index (χ0n) is 7.10. The largest absolute Gasteiger partial charge is 0.494 e. The van der Waals surface area contributed by atoms with Crippen LogP contribution in [0.15, 0.2) is 21.5 Å². The molecule has 0 amide bonds. The van der Waals surface area contributed by atoms with Crippen LogP contribution in [-0.2, 0) is 0 Å². The molecule has 3 heteroatoms. The van der Waals surface area contributed by atoms with Gasteiger partial charge in [-0.1, -0.05) is 15.9 Å². The summed E-state index contributed by atoms with van der Waals surface area (Å²) >= 11 is 7.69. The summed E-state index contributed by atoms with van der Waals surface area (Å²) in [6, 6.07) is 3.88. The van der Waals surface area contributed by atoms with Crippen LogP contribution in [0.2, 0.25) is 0 Å². The molecule has 0 atom stereocenters. The molecule has 0 spiro atoms. The maximum atomic E-state index is 5.42. The van der Waals surface area contributed by atoms with E-state index in [4.69, 9.17) is 4.74 Å². The van der Waals surface area contributed by atoms with E-state index in [2.05, 4.69) is 28.6 Å². The molecule has 0 aliphatic rings. The van der Waals surface area contributed by atoms with Crippen LogP contribution in [0.5, 0.6) is 5.75 Å². The summed E-state index contributed by atoms with van der Waals surface area (Å²) in [5.41, 5.74) is 1.12. The molecule has 66 valence electrons. The number of halogens is 1. The van der Waals surface area contributed by atoms with Crippen LogP contribution in [-0.4, -0.2) is 6.61 Å². The molecule has 1 nitrogen and oxygen atoms in total. The van der Waals surface area contributed by atoms with Crippen LogP contribution in [0.25, 0.3) is 0 Å². The van der Waals surface area contributed by atoms with Crippen LogP contribution in [0.1, 0.15) is 12.5 Å². The van der Waals surface area contributed by atoms with Crippen LogP contribution < -0.4 is 4.74 Å². The van der Waals surface area contributed by atoms with E-state index in [-0.39, 0.29) is 0 Å². The molecular weight excluding hydrogens is 236 g/mol. The third kappa shape index (κ3) is 2.17. The van der Waals surface area contributed by atoms with Crippen molar-refractivity contribution in [3.63, 3.8) is 0 Å². The predicted molar refractivity (Wildman–Crippen MR) is 57.3 cm³/mol. The van der Waals surface area contributed by atoms with Gasteiger partial charge in [-0.25, -0.2) is 0 Å². The first-order valence-corrected chi connectivity index (χ1v) is 5.01. The molecule has 12 heavy (non-hydrogen) atoms. The molecule has 1 rings (SSSR count). The highest BCUT2D eigenvalue weighted by Crippen LogP contribution is 2.29. The highest BCUT2D eigenvalue weighted by Gasteiger charge is 2.03. The van der Waals surface area contributed by atoms with E-state index in [9.17, 15) is 0 Å². The Balaban J connectivity index is 3.09. The molecule has 0 unspecified atom stereocenters. The lowest BCUT2D eigenvalue weighted by atomic mass is 10.2. The van der Waals surface area contributed by atoms with Crippen LogP contribution in [0.4, 0.5) is 0 Å². The van der Waals surface area contributed by atoms with Crippen molar-refractivity contribution in [3.8, 4) is 5.75 Å². The fraction of sp³-hybridized carbons (Fsp3) is 0.333.